The Kier molecular flexibility index (Phi) is 5.20. The number of nitrogens with one attached hydrogen (secondary N) is 2. The maximum Gasteiger partial charge on any atom is 0.307 e. The van der Waals surface area contributed by atoms with E-state index in [1.54, 1.807) is 24.3 Å². The van der Waals surface area contributed by atoms with Gasteiger partial charge in [-0.2, -0.15) is 0 Å². The van der Waals surface area contributed by atoms with E-state index in [0.717, 1.165) is 32.1 Å². The van der Waals surface area contributed by atoms with Gasteiger partial charge in [0.2, 0.25) is 5.91 Å². The van der Waals surface area contributed by atoms with Crippen LogP contribution in [0.4, 0.5) is 5.69 Å². The number of hydrogen-bond acceptors (Lipinski definition) is 3. The summed E-state index contributed by atoms with van der Waals surface area (Å²) in [6.45, 7) is 0. The SMILES string of the molecule is O=C(NC1CCCCC1)c1ccc(NC(=O)[C@@H]2[C@@H](C(=O)O)[C@H]3C=C[C@H]2C3)cc1. The normalized spacial score (nSPS) is 28.9. The van der Waals surface area contributed by atoms with Crippen molar-refractivity contribution in [3.8, 4) is 0 Å². The third-order valence-electron chi connectivity index (χ3n) is 6.40. The highest BCUT2D eigenvalue weighted by Gasteiger charge is 2.51. The molecule has 2 saturated carbocycles. The van der Waals surface area contributed by atoms with E-state index >= 15 is 0 Å². The zero-order chi connectivity index (χ0) is 19.7. The van der Waals surface area contributed by atoms with Gasteiger partial charge in [-0.3, -0.25) is 14.4 Å². The van der Waals surface area contributed by atoms with Crippen LogP contribution in [0.5, 0.6) is 0 Å². The van der Waals surface area contributed by atoms with Gasteiger partial charge in [0.1, 0.15) is 0 Å². The van der Waals surface area contributed by atoms with Gasteiger partial charge in [0, 0.05) is 17.3 Å². The molecule has 4 atom stereocenters. The zero-order valence-electron chi connectivity index (χ0n) is 15.8. The number of allylic oxidation sites excluding steroid dienone is 2. The molecule has 0 aliphatic heterocycles. The molecule has 1 aromatic rings. The summed E-state index contributed by atoms with van der Waals surface area (Å²) in [6, 6.07) is 7.05. The lowest BCUT2D eigenvalue weighted by atomic mass is 9.82. The fourth-order valence-corrected chi connectivity index (χ4v) is 4.96. The van der Waals surface area contributed by atoms with Crippen LogP contribution in [0.25, 0.3) is 0 Å². The summed E-state index contributed by atoms with van der Waals surface area (Å²) in [7, 11) is 0. The van der Waals surface area contributed by atoms with Crippen molar-refractivity contribution in [2.45, 2.75) is 44.6 Å². The van der Waals surface area contributed by atoms with Crippen molar-refractivity contribution >= 4 is 23.5 Å². The molecule has 4 rings (SSSR count). The topological polar surface area (TPSA) is 95.5 Å². The van der Waals surface area contributed by atoms with Crippen LogP contribution in [0.2, 0.25) is 0 Å². The Morgan fingerprint density at radius 2 is 1.54 bits per heavy atom. The Labute approximate surface area is 164 Å². The van der Waals surface area contributed by atoms with Crippen LogP contribution in [0.3, 0.4) is 0 Å². The Bertz CT molecular complexity index is 795. The Morgan fingerprint density at radius 1 is 0.893 bits per heavy atom. The number of fused-ring (bicyclic) bond motifs is 2. The second kappa shape index (κ2) is 7.78. The van der Waals surface area contributed by atoms with Gasteiger partial charge in [-0.15, -0.1) is 0 Å². The van der Waals surface area contributed by atoms with Crippen molar-refractivity contribution in [1.29, 1.82) is 0 Å². The molecule has 2 bridgehead atoms. The van der Waals surface area contributed by atoms with Gasteiger partial charge in [-0.25, -0.2) is 0 Å². The van der Waals surface area contributed by atoms with E-state index in [2.05, 4.69) is 10.6 Å². The van der Waals surface area contributed by atoms with Gasteiger partial charge in [-0.1, -0.05) is 31.4 Å². The predicted molar refractivity (Wildman–Crippen MR) is 105 cm³/mol. The summed E-state index contributed by atoms with van der Waals surface area (Å²) < 4.78 is 0. The molecule has 3 aliphatic carbocycles. The van der Waals surface area contributed by atoms with E-state index in [-0.39, 0.29) is 29.7 Å². The Balaban J connectivity index is 1.37. The number of carbonyl (C=O) groups is 3. The standard InChI is InChI=1S/C22H26N2O4/c25-20(23-16-4-2-1-3-5-16)13-8-10-17(11-9-13)24-21(26)18-14-6-7-15(12-14)19(18)22(27)28/h6-11,14-16,18-19H,1-5,12H2,(H,23,25)(H,24,26)(H,27,28)/t14-,15-,18-,19-/m0/s1. The summed E-state index contributed by atoms with van der Waals surface area (Å²) in [4.78, 5) is 36.7. The first kappa shape index (κ1) is 18.7. The molecule has 3 N–H and O–H groups in total. The molecule has 3 aliphatic rings. The molecule has 28 heavy (non-hydrogen) atoms. The Hall–Kier alpha value is -2.63. The fraction of sp³-hybridized carbons (Fsp3) is 0.500. The van der Waals surface area contributed by atoms with Gasteiger partial charge >= 0.3 is 5.97 Å². The number of aliphatic carboxylic acids is 1. The fourth-order valence-electron chi connectivity index (χ4n) is 4.96. The van der Waals surface area contributed by atoms with Crippen molar-refractivity contribution < 1.29 is 19.5 Å². The molecule has 0 radical (unpaired) electrons. The molecule has 0 aromatic heterocycles. The third-order valence-corrected chi connectivity index (χ3v) is 6.40. The number of carboxylic acid groups (broad SMARTS) is 1. The molecule has 6 heteroatoms. The third kappa shape index (κ3) is 3.68. The van der Waals surface area contributed by atoms with Crippen molar-refractivity contribution in [3.05, 3.63) is 42.0 Å². The predicted octanol–water partition coefficient (Wildman–Crippen LogP) is 3.21. The molecule has 0 spiro atoms. The van der Waals surface area contributed by atoms with Crippen molar-refractivity contribution in [3.63, 3.8) is 0 Å². The van der Waals surface area contributed by atoms with Crippen LogP contribution in [0, 0.1) is 23.7 Å². The second-order valence-corrected chi connectivity index (χ2v) is 8.21. The van der Waals surface area contributed by atoms with E-state index in [1.807, 2.05) is 12.2 Å². The van der Waals surface area contributed by atoms with Gasteiger partial charge in [0.25, 0.3) is 5.91 Å². The largest absolute Gasteiger partial charge is 0.481 e. The molecule has 2 fully saturated rings. The molecular weight excluding hydrogens is 356 g/mol. The molecule has 2 amide bonds. The molecular formula is C22H26N2O4. The molecule has 1 aromatic carbocycles. The number of benzene rings is 1. The Morgan fingerprint density at radius 3 is 2.18 bits per heavy atom. The first-order valence-corrected chi connectivity index (χ1v) is 10.2. The van der Waals surface area contributed by atoms with Crippen LogP contribution < -0.4 is 10.6 Å². The average Bonchev–Trinajstić information content (AvgIpc) is 3.31. The number of rotatable bonds is 5. The molecule has 0 unspecified atom stereocenters. The molecule has 0 heterocycles. The second-order valence-electron chi connectivity index (χ2n) is 8.21. The van der Waals surface area contributed by atoms with Crippen LogP contribution >= 0.6 is 0 Å². The maximum absolute atomic E-state index is 12.7. The zero-order valence-corrected chi connectivity index (χ0v) is 15.8. The first-order chi connectivity index (χ1) is 13.5. The van der Waals surface area contributed by atoms with E-state index in [9.17, 15) is 19.5 Å². The van der Waals surface area contributed by atoms with E-state index in [4.69, 9.17) is 0 Å². The number of carboxylic acids is 1. The molecule has 148 valence electrons. The lowest BCUT2D eigenvalue weighted by molar-refractivity contribution is -0.146. The summed E-state index contributed by atoms with van der Waals surface area (Å²) >= 11 is 0. The van der Waals surface area contributed by atoms with E-state index in [1.165, 1.54) is 6.42 Å². The first-order valence-electron chi connectivity index (χ1n) is 10.2. The summed E-state index contributed by atoms with van der Waals surface area (Å²) in [6.07, 6.45) is 10.2. The van der Waals surface area contributed by atoms with Gasteiger partial charge in [-0.05, 0) is 55.4 Å². The minimum Gasteiger partial charge on any atom is -0.481 e. The lowest BCUT2D eigenvalue weighted by Crippen LogP contribution is -2.36. The summed E-state index contributed by atoms with van der Waals surface area (Å²) in [5, 5.41) is 15.4. The summed E-state index contributed by atoms with van der Waals surface area (Å²) in [5.41, 5.74) is 1.14. The highest BCUT2D eigenvalue weighted by molar-refractivity contribution is 5.98. The minimum atomic E-state index is -0.910. The van der Waals surface area contributed by atoms with Gasteiger partial charge < -0.3 is 15.7 Å². The van der Waals surface area contributed by atoms with Gasteiger partial charge in [0.05, 0.1) is 11.8 Å². The lowest BCUT2D eigenvalue weighted by Gasteiger charge is -2.24. The van der Waals surface area contributed by atoms with Crippen LogP contribution in [-0.4, -0.2) is 28.9 Å². The number of carbonyl (C=O) groups excluding carboxylic acids is 2. The van der Waals surface area contributed by atoms with Crippen molar-refractivity contribution in [2.75, 3.05) is 5.32 Å². The smallest absolute Gasteiger partial charge is 0.307 e. The number of hydrogen-bond donors (Lipinski definition) is 3. The van der Waals surface area contributed by atoms with Gasteiger partial charge in [0.15, 0.2) is 0 Å². The summed E-state index contributed by atoms with van der Waals surface area (Å²) in [5.74, 6) is -2.52. The highest BCUT2D eigenvalue weighted by atomic mass is 16.4. The van der Waals surface area contributed by atoms with E-state index < -0.39 is 17.8 Å². The maximum atomic E-state index is 12.7. The van der Waals surface area contributed by atoms with E-state index in [0.29, 0.717) is 11.3 Å². The van der Waals surface area contributed by atoms with Crippen LogP contribution in [0.1, 0.15) is 48.9 Å². The van der Waals surface area contributed by atoms with Crippen molar-refractivity contribution in [1.82, 2.24) is 5.32 Å². The molecule has 0 saturated heterocycles. The monoisotopic (exact) mass is 382 g/mol. The molecule has 6 nitrogen and oxygen atoms in total. The number of anilines is 1. The van der Waals surface area contributed by atoms with Crippen molar-refractivity contribution in [2.24, 2.45) is 23.7 Å². The highest BCUT2D eigenvalue weighted by Crippen LogP contribution is 2.48. The number of amides is 2. The average molecular weight is 382 g/mol. The van der Waals surface area contributed by atoms with Crippen LogP contribution in [-0.2, 0) is 9.59 Å². The van der Waals surface area contributed by atoms with Crippen LogP contribution in [0.15, 0.2) is 36.4 Å². The minimum absolute atomic E-state index is 0.00774. The quantitative estimate of drug-likeness (QED) is 0.682.